The van der Waals surface area contributed by atoms with Crippen LogP contribution in [0.3, 0.4) is 0 Å². The summed E-state index contributed by atoms with van der Waals surface area (Å²) < 4.78 is 40.3. The van der Waals surface area contributed by atoms with Crippen molar-refractivity contribution in [1.29, 1.82) is 0 Å². The number of carbonyl (C=O) groups is 1. The highest BCUT2D eigenvalue weighted by Crippen LogP contribution is 2.21. The van der Waals surface area contributed by atoms with Crippen LogP contribution in [-0.4, -0.2) is 46.3 Å². The van der Waals surface area contributed by atoms with E-state index >= 15 is 0 Å². The van der Waals surface area contributed by atoms with Crippen LogP contribution in [0.2, 0.25) is 0 Å². The molecule has 2 aromatic rings. The average Bonchev–Trinajstić information content (AvgIpc) is 2.60. The van der Waals surface area contributed by atoms with Crippen molar-refractivity contribution in [3.63, 3.8) is 0 Å². The van der Waals surface area contributed by atoms with Crippen LogP contribution < -0.4 is 9.21 Å². The summed E-state index contributed by atoms with van der Waals surface area (Å²) in [5, 5.41) is 0. The molecular formula is C17H20FN3O3S. The maximum atomic E-state index is 13.2. The number of rotatable bonds is 6. The van der Waals surface area contributed by atoms with E-state index in [1.807, 2.05) is 6.07 Å². The second kappa shape index (κ2) is 7.62. The van der Waals surface area contributed by atoms with Crippen molar-refractivity contribution in [2.75, 3.05) is 36.9 Å². The molecule has 6 nitrogen and oxygen atoms in total. The lowest BCUT2D eigenvalue weighted by Gasteiger charge is -2.28. The molecule has 8 heteroatoms. The molecule has 134 valence electrons. The van der Waals surface area contributed by atoms with E-state index in [9.17, 15) is 17.6 Å². The van der Waals surface area contributed by atoms with Crippen molar-refractivity contribution in [2.45, 2.75) is 0 Å². The average molecular weight is 365 g/mol. The maximum Gasteiger partial charge on any atom is 0.304 e. The predicted octanol–water partition coefficient (Wildman–Crippen LogP) is 2.10. The van der Waals surface area contributed by atoms with Gasteiger partial charge in [0.15, 0.2) is 0 Å². The van der Waals surface area contributed by atoms with Gasteiger partial charge >= 0.3 is 10.2 Å². The summed E-state index contributed by atoms with van der Waals surface area (Å²) >= 11 is 0. The largest absolute Gasteiger partial charge is 0.314 e. The first-order valence-corrected chi connectivity index (χ1v) is 8.90. The molecule has 0 aliphatic heterocycles. The van der Waals surface area contributed by atoms with Crippen molar-refractivity contribution < 1.29 is 17.6 Å². The van der Waals surface area contributed by atoms with Crippen LogP contribution >= 0.6 is 0 Å². The van der Waals surface area contributed by atoms with Gasteiger partial charge in [-0.15, -0.1) is 0 Å². The molecule has 0 N–H and O–H groups in total. The Balaban J connectivity index is 2.33. The summed E-state index contributed by atoms with van der Waals surface area (Å²) in [5.41, 5.74) is 0.860. The molecule has 2 rings (SSSR count). The van der Waals surface area contributed by atoms with Crippen LogP contribution in [0, 0.1) is 5.82 Å². The third kappa shape index (κ3) is 4.34. The van der Waals surface area contributed by atoms with E-state index in [1.54, 1.807) is 31.3 Å². The molecule has 0 saturated carbocycles. The van der Waals surface area contributed by atoms with Crippen LogP contribution in [0.15, 0.2) is 54.6 Å². The number of nitrogens with zero attached hydrogens (tertiary/aromatic N) is 3. The van der Waals surface area contributed by atoms with Crippen LogP contribution in [-0.2, 0) is 15.0 Å². The van der Waals surface area contributed by atoms with E-state index in [4.69, 9.17) is 0 Å². The first kappa shape index (κ1) is 18.9. The second-order valence-electron chi connectivity index (χ2n) is 5.56. The lowest BCUT2D eigenvalue weighted by Crippen LogP contribution is -2.46. The van der Waals surface area contributed by atoms with Crippen molar-refractivity contribution in [3.8, 4) is 0 Å². The standard InChI is InChI=1S/C17H20FN3O3S/c1-19(2)25(23,24)21(16-11-9-14(18)10-12-16)13-17(22)20(3)15-7-5-4-6-8-15/h4-12H,13H2,1-3H3. The van der Waals surface area contributed by atoms with Crippen LogP contribution in [0.25, 0.3) is 0 Å². The number of amides is 1. The molecule has 0 radical (unpaired) electrons. The minimum atomic E-state index is -3.92. The zero-order chi connectivity index (χ0) is 18.6. The van der Waals surface area contributed by atoms with E-state index in [2.05, 4.69) is 0 Å². The highest BCUT2D eigenvalue weighted by Gasteiger charge is 2.28. The van der Waals surface area contributed by atoms with Gasteiger partial charge in [-0.3, -0.25) is 4.79 Å². The fourth-order valence-corrected chi connectivity index (χ4v) is 3.19. The number of anilines is 2. The number of halogens is 1. The molecule has 0 spiro atoms. The van der Waals surface area contributed by atoms with Gasteiger partial charge in [-0.1, -0.05) is 18.2 Å². The Bertz CT molecular complexity index is 824. The molecule has 0 unspecified atom stereocenters. The number of hydrogen-bond donors (Lipinski definition) is 0. The number of likely N-dealkylation sites (N-methyl/N-ethyl adjacent to an activating group) is 1. The predicted molar refractivity (Wildman–Crippen MR) is 96.2 cm³/mol. The normalized spacial score (nSPS) is 11.4. The SMILES string of the molecule is CN(C(=O)CN(c1ccc(F)cc1)S(=O)(=O)N(C)C)c1ccccc1. The quantitative estimate of drug-likeness (QED) is 0.788. The molecule has 2 aromatic carbocycles. The topological polar surface area (TPSA) is 60.9 Å². The van der Waals surface area contributed by atoms with Crippen molar-refractivity contribution >= 4 is 27.5 Å². The Morgan fingerprint density at radius 3 is 2.00 bits per heavy atom. The fraction of sp³-hybridized carbons (Fsp3) is 0.235. The summed E-state index contributed by atoms with van der Waals surface area (Å²) in [6, 6.07) is 13.8. The highest BCUT2D eigenvalue weighted by molar-refractivity contribution is 7.90. The van der Waals surface area contributed by atoms with Gasteiger partial charge in [0.25, 0.3) is 0 Å². The van der Waals surface area contributed by atoms with E-state index in [1.165, 1.54) is 31.1 Å². The molecule has 0 aliphatic rings. The summed E-state index contributed by atoms with van der Waals surface area (Å²) in [6.45, 7) is -0.405. The third-order valence-electron chi connectivity index (χ3n) is 3.65. The van der Waals surface area contributed by atoms with Gasteiger partial charge in [-0.05, 0) is 36.4 Å². The molecule has 0 saturated heterocycles. The Kier molecular flexibility index (Phi) is 5.76. The lowest BCUT2D eigenvalue weighted by molar-refractivity contribution is -0.116. The van der Waals surface area contributed by atoms with Gasteiger partial charge in [-0.2, -0.15) is 12.7 Å². The molecule has 0 fully saturated rings. The van der Waals surface area contributed by atoms with Crippen molar-refractivity contribution in [2.24, 2.45) is 0 Å². The Labute approximate surface area is 147 Å². The zero-order valence-corrected chi connectivity index (χ0v) is 15.1. The molecule has 0 bridgehead atoms. The molecule has 25 heavy (non-hydrogen) atoms. The number of hydrogen-bond acceptors (Lipinski definition) is 3. The Hall–Kier alpha value is -2.45. The van der Waals surface area contributed by atoms with Gasteiger partial charge in [0.05, 0.1) is 5.69 Å². The first-order chi connectivity index (χ1) is 11.7. The minimum Gasteiger partial charge on any atom is -0.314 e. The second-order valence-corrected chi connectivity index (χ2v) is 7.63. The van der Waals surface area contributed by atoms with Crippen molar-refractivity contribution in [1.82, 2.24) is 4.31 Å². The van der Waals surface area contributed by atoms with E-state index in [0.29, 0.717) is 5.69 Å². The molecule has 0 heterocycles. The van der Waals surface area contributed by atoms with Gasteiger partial charge in [-0.25, -0.2) is 8.70 Å². The van der Waals surface area contributed by atoms with E-state index in [0.717, 1.165) is 20.7 Å². The lowest BCUT2D eigenvalue weighted by atomic mass is 10.3. The smallest absolute Gasteiger partial charge is 0.304 e. The molecule has 0 aliphatic carbocycles. The summed E-state index contributed by atoms with van der Waals surface area (Å²) in [7, 11) is 0.398. The summed E-state index contributed by atoms with van der Waals surface area (Å²) in [6.07, 6.45) is 0. The fourth-order valence-electron chi connectivity index (χ4n) is 2.14. The van der Waals surface area contributed by atoms with Crippen LogP contribution in [0.1, 0.15) is 0 Å². The summed E-state index contributed by atoms with van der Waals surface area (Å²) in [4.78, 5) is 14.0. The Morgan fingerprint density at radius 2 is 1.48 bits per heavy atom. The van der Waals surface area contributed by atoms with Crippen LogP contribution in [0.4, 0.5) is 15.8 Å². The highest BCUT2D eigenvalue weighted by atomic mass is 32.2. The van der Waals surface area contributed by atoms with Gasteiger partial charge in [0.2, 0.25) is 5.91 Å². The number of para-hydroxylation sites is 1. The molecule has 0 atom stereocenters. The first-order valence-electron chi connectivity index (χ1n) is 7.51. The monoisotopic (exact) mass is 365 g/mol. The maximum absolute atomic E-state index is 13.2. The van der Waals surface area contributed by atoms with E-state index in [-0.39, 0.29) is 5.69 Å². The van der Waals surface area contributed by atoms with Crippen LogP contribution in [0.5, 0.6) is 0 Å². The minimum absolute atomic E-state index is 0.213. The number of benzene rings is 2. The third-order valence-corrected chi connectivity index (χ3v) is 5.47. The zero-order valence-electron chi connectivity index (χ0n) is 14.3. The molecule has 1 amide bonds. The number of carbonyl (C=O) groups excluding carboxylic acids is 1. The van der Waals surface area contributed by atoms with Gasteiger partial charge in [0, 0.05) is 26.8 Å². The van der Waals surface area contributed by atoms with E-state index < -0.39 is 28.5 Å². The van der Waals surface area contributed by atoms with Crippen molar-refractivity contribution in [3.05, 3.63) is 60.4 Å². The Morgan fingerprint density at radius 1 is 0.920 bits per heavy atom. The molecule has 0 aromatic heterocycles. The molecular weight excluding hydrogens is 345 g/mol. The summed E-state index contributed by atoms with van der Waals surface area (Å²) in [5.74, 6) is -0.903. The van der Waals surface area contributed by atoms with Gasteiger partial charge < -0.3 is 4.90 Å². The van der Waals surface area contributed by atoms with Gasteiger partial charge in [0.1, 0.15) is 12.4 Å².